The molecule has 0 unspecified atom stereocenters. The zero-order valence-corrected chi connectivity index (χ0v) is 16.4. The van der Waals surface area contributed by atoms with Crippen LogP contribution < -0.4 is 10.6 Å². The van der Waals surface area contributed by atoms with Crippen molar-refractivity contribution in [3.63, 3.8) is 0 Å². The smallest absolute Gasteiger partial charge is 0.245 e. The van der Waals surface area contributed by atoms with Crippen LogP contribution in [0.2, 0.25) is 0 Å². The lowest BCUT2D eigenvalue weighted by Crippen LogP contribution is -2.55. The van der Waals surface area contributed by atoms with E-state index in [0.29, 0.717) is 35.8 Å². The lowest BCUT2D eigenvalue weighted by Gasteiger charge is -2.34. The van der Waals surface area contributed by atoms with Gasteiger partial charge in [0.15, 0.2) is 20.2 Å². The number of rotatable bonds is 3. The number of aromatic nitrogens is 1. The van der Waals surface area contributed by atoms with Gasteiger partial charge in [-0.1, -0.05) is 20.8 Å². The van der Waals surface area contributed by atoms with E-state index in [1.807, 2.05) is 20.8 Å². The van der Waals surface area contributed by atoms with Crippen LogP contribution in [0.25, 0.3) is 11.1 Å². The molecular formula is C18H25N3O4S. The van der Waals surface area contributed by atoms with E-state index in [1.54, 1.807) is 18.2 Å². The number of benzene rings is 1. The number of hydrogen-bond acceptors (Lipinski definition) is 6. The highest BCUT2D eigenvalue weighted by molar-refractivity contribution is 7.92. The Balaban J connectivity index is 1.91. The Morgan fingerprint density at radius 2 is 1.92 bits per heavy atom. The van der Waals surface area contributed by atoms with Crippen LogP contribution in [0.4, 0.5) is 5.69 Å². The van der Waals surface area contributed by atoms with Crippen molar-refractivity contribution >= 4 is 32.5 Å². The molecule has 1 aromatic carbocycles. The summed E-state index contributed by atoms with van der Waals surface area (Å²) in [6, 6.07) is 5.15. The van der Waals surface area contributed by atoms with Gasteiger partial charge in [-0.25, -0.2) is 13.4 Å². The fraction of sp³-hybridized carbons (Fsp3) is 0.556. The molecule has 2 heterocycles. The van der Waals surface area contributed by atoms with Gasteiger partial charge >= 0.3 is 0 Å². The lowest BCUT2D eigenvalue weighted by molar-refractivity contribution is -0.119. The molecular weight excluding hydrogens is 354 g/mol. The standard InChI is InChI=1S/C18H25N3O4S/c1-17(2,3)16-21-13-11-12(5-6-14(13)25-16)20-15(22)18(26(4,23)24)7-9-19-10-8-18/h5-6,11,19H,7-10H2,1-4H3,(H,20,22). The van der Waals surface area contributed by atoms with E-state index in [2.05, 4.69) is 15.6 Å². The second-order valence-corrected chi connectivity index (χ2v) is 10.2. The number of carbonyl (C=O) groups is 1. The fourth-order valence-electron chi connectivity index (χ4n) is 3.17. The molecule has 0 saturated carbocycles. The summed E-state index contributed by atoms with van der Waals surface area (Å²) < 4.78 is 29.1. The van der Waals surface area contributed by atoms with E-state index in [1.165, 1.54) is 0 Å². The fourth-order valence-corrected chi connectivity index (χ4v) is 4.50. The molecule has 26 heavy (non-hydrogen) atoms. The molecule has 8 heteroatoms. The maximum absolute atomic E-state index is 12.9. The Morgan fingerprint density at radius 3 is 2.50 bits per heavy atom. The predicted molar refractivity (Wildman–Crippen MR) is 101 cm³/mol. The minimum absolute atomic E-state index is 0.224. The number of nitrogens with zero attached hydrogens (tertiary/aromatic N) is 1. The number of hydrogen-bond donors (Lipinski definition) is 2. The van der Waals surface area contributed by atoms with Gasteiger partial charge in [0.05, 0.1) is 0 Å². The molecule has 1 aliphatic heterocycles. The van der Waals surface area contributed by atoms with Crippen molar-refractivity contribution < 1.29 is 17.6 Å². The average Bonchev–Trinajstić information content (AvgIpc) is 2.98. The van der Waals surface area contributed by atoms with E-state index in [9.17, 15) is 13.2 Å². The third kappa shape index (κ3) is 3.35. The molecule has 2 N–H and O–H groups in total. The van der Waals surface area contributed by atoms with Crippen LogP contribution in [0.1, 0.15) is 39.5 Å². The van der Waals surface area contributed by atoms with Gasteiger partial charge in [-0.3, -0.25) is 4.79 Å². The third-order valence-electron chi connectivity index (χ3n) is 4.82. The van der Waals surface area contributed by atoms with Crippen LogP contribution in [0.3, 0.4) is 0 Å². The highest BCUT2D eigenvalue weighted by Gasteiger charge is 2.48. The normalized spacial score (nSPS) is 18.0. The minimum atomic E-state index is -3.55. The number of nitrogens with one attached hydrogen (secondary N) is 2. The second kappa shape index (κ2) is 6.35. The molecule has 0 bridgehead atoms. The van der Waals surface area contributed by atoms with E-state index >= 15 is 0 Å². The molecule has 142 valence electrons. The maximum atomic E-state index is 12.9. The zero-order valence-electron chi connectivity index (χ0n) is 15.5. The number of amides is 1. The first-order chi connectivity index (χ1) is 12.0. The lowest BCUT2D eigenvalue weighted by atomic mass is 9.95. The average molecular weight is 379 g/mol. The Hall–Kier alpha value is -1.93. The predicted octanol–water partition coefficient (Wildman–Crippen LogP) is 2.23. The molecule has 7 nitrogen and oxygen atoms in total. The van der Waals surface area contributed by atoms with E-state index in [-0.39, 0.29) is 18.3 Å². The number of sulfone groups is 1. The number of piperidine rings is 1. The monoisotopic (exact) mass is 379 g/mol. The Labute approximate surface area is 153 Å². The van der Waals surface area contributed by atoms with Crippen molar-refractivity contribution in [3.8, 4) is 0 Å². The van der Waals surface area contributed by atoms with Gasteiger partial charge in [-0.2, -0.15) is 0 Å². The summed E-state index contributed by atoms with van der Waals surface area (Å²) in [6.07, 6.45) is 1.66. The van der Waals surface area contributed by atoms with Crippen LogP contribution in [0, 0.1) is 0 Å². The Kier molecular flexibility index (Phi) is 4.60. The van der Waals surface area contributed by atoms with Crippen LogP contribution in [0.5, 0.6) is 0 Å². The summed E-state index contributed by atoms with van der Waals surface area (Å²) in [5, 5.41) is 5.88. The summed E-state index contributed by atoms with van der Waals surface area (Å²) >= 11 is 0. The van der Waals surface area contributed by atoms with E-state index in [4.69, 9.17) is 4.42 Å². The molecule has 1 aromatic heterocycles. The van der Waals surface area contributed by atoms with Gasteiger partial charge in [0.25, 0.3) is 0 Å². The molecule has 0 radical (unpaired) electrons. The SMILES string of the molecule is CC(C)(C)c1nc2cc(NC(=O)C3(S(C)(=O)=O)CCNCC3)ccc2o1. The van der Waals surface area contributed by atoms with E-state index < -0.39 is 20.5 Å². The van der Waals surface area contributed by atoms with Crippen molar-refractivity contribution in [2.45, 2.75) is 43.8 Å². The Bertz CT molecular complexity index is 935. The molecule has 0 spiro atoms. The zero-order chi connectivity index (χ0) is 19.2. The Morgan fingerprint density at radius 1 is 1.27 bits per heavy atom. The van der Waals surface area contributed by atoms with Gasteiger partial charge in [0.1, 0.15) is 5.52 Å². The third-order valence-corrected chi connectivity index (χ3v) is 6.84. The molecule has 3 rings (SSSR count). The van der Waals surface area contributed by atoms with Crippen molar-refractivity contribution in [1.29, 1.82) is 0 Å². The number of carbonyl (C=O) groups excluding carboxylic acids is 1. The molecule has 1 fully saturated rings. The summed E-state index contributed by atoms with van der Waals surface area (Å²) in [5.74, 6) is 0.127. The summed E-state index contributed by atoms with van der Waals surface area (Å²) in [7, 11) is -3.55. The van der Waals surface area contributed by atoms with Gasteiger partial charge < -0.3 is 15.1 Å². The van der Waals surface area contributed by atoms with Crippen molar-refractivity contribution in [1.82, 2.24) is 10.3 Å². The molecule has 1 aliphatic rings. The summed E-state index contributed by atoms with van der Waals surface area (Å²) in [5.41, 5.74) is 1.55. The highest BCUT2D eigenvalue weighted by atomic mass is 32.2. The highest BCUT2D eigenvalue weighted by Crippen LogP contribution is 2.31. The maximum Gasteiger partial charge on any atom is 0.245 e. The van der Waals surface area contributed by atoms with Crippen molar-refractivity contribution in [3.05, 3.63) is 24.1 Å². The molecule has 1 saturated heterocycles. The van der Waals surface area contributed by atoms with Crippen LogP contribution in [-0.4, -0.2) is 43.4 Å². The number of anilines is 1. The molecule has 0 aliphatic carbocycles. The largest absolute Gasteiger partial charge is 0.440 e. The van der Waals surface area contributed by atoms with Gasteiger partial charge in [-0.15, -0.1) is 0 Å². The van der Waals surface area contributed by atoms with Crippen molar-refractivity contribution in [2.75, 3.05) is 24.7 Å². The first-order valence-electron chi connectivity index (χ1n) is 8.66. The topological polar surface area (TPSA) is 101 Å². The second-order valence-electron chi connectivity index (χ2n) is 7.92. The van der Waals surface area contributed by atoms with Gasteiger partial charge in [0, 0.05) is 17.4 Å². The summed E-state index contributed by atoms with van der Waals surface area (Å²) in [4.78, 5) is 17.4. The van der Waals surface area contributed by atoms with Gasteiger partial charge in [0.2, 0.25) is 11.8 Å². The molecule has 1 amide bonds. The molecule has 0 atom stereocenters. The molecule has 2 aromatic rings. The van der Waals surface area contributed by atoms with Crippen LogP contribution in [0.15, 0.2) is 22.6 Å². The number of fused-ring (bicyclic) bond motifs is 1. The van der Waals surface area contributed by atoms with Crippen LogP contribution >= 0.6 is 0 Å². The quantitative estimate of drug-likeness (QED) is 0.848. The van der Waals surface area contributed by atoms with Crippen LogP contribution in [-0.2, 0) is 20.0 Å². The van der Waals surface area contributed by atoms with Crippen molar-refractivity contribution in [2.24, 2.45) is 0 Å². The van der Waals surface area contributed by atoms with Gasteiger partial charge in [-0.05, 0) is 44.1 Å². The van der Waals surface area contributed by atoms with E-state index in [0.717, 1.165) is 6.26 Å². The number of oxazole rings is 1. The first-order valence-corrected chi connectivity index (χ1v) is 10.5. The first kappa shape index (κ1) is 18.8. The minimum Gasteiger partial charge on any atom is -0.440 e. The summed E-state index contributed by atoms with van der Waals surface area (Å²) in [6.45, 7) is 7.02.